The first-order valence-corrected chi connectivity index (χ1v) is 4.09. The molecule has 0 fully saturated rings. The summed E-state index contributed by atoms with van der Waals surface area (Å²) in [5.74, 6) is -0.0368. The summed E-state index contributed by atoms with van der Waals surface area (Å²) in [4.78, 5) is 13.2. The van der Waals surface area contributed by atoms with Gasteiger partial charge in [0.25, 0.3) is 0 Å². The van der Waals surface area contributed by atoms with Crippen LogP contribution in [0.3, 0.4) is 0 Å². The van der Waals surface area contributed by atoms with Crippen molar-refractivity contribution in [1.82, 2.24) is 0 Å². The van der Waals surface area contributed by atoms with Crippen molar-refractivity contribution in [3.8, 4) is 0 Å². The van der Waals surface area contributed by atoms with Gasteiger partial charge in [0.2, 0.25) is 0 Å². The van der Waals surface area contributed by atoms with E-state index in [4.69, 9.17) is 0 Å². The molecule has 0 spiro atoms. The van der Waals surface area contributed by atoms with E-state index in [1.807, 2.05) is 31.1 Å². The zero-order chi connectivity index (χ0) is 9.84. The van der Waals surface area contributed by atoms with Crippen molar-refractivity contribution >= 4 is 11.6 Å². The van der Waals surface area contributed by atoms with Crippen molar-refractivity contribution < 1.29 is 10.1 Å². The number of amides is 1. The Balaban J connectivity index is 2.87. The summed E-state index contributed by atoms with van der Waals surface area (Å²) in [5.41, 5.74) is 1.77. The van der Waals surface area contributed by atoms with E-state index in [0.717, 1.165) is 5.69 Å². The Bertz CT molecular complexity index is 290. The molecule has 0 saturated carbocycles. The Morgan fingerprint density at radius 3 is 2.23 bits per heavy atom. The maximum Gasteiger partial charge on any atom is 0.316 e. The van der Waals surface area contributed by atoms with Crippen molar-refractivity contribution in [2.75, 3.05) is 19.0 Å². The summed E-state index contributed by atoms with van der Waals surface area (Å²) >= 11 is 0. The fourth-order valence-corrected chi connectivity index (χ4v) is 1.04. The highest BCUT2D eigenvalue weighted by molar-refractivity contribution is 5.86. The van der Waals surface area contributed by atoms with Gasteiger partial charge in [-0.05, 0) is 24.3 Å². The number of hydrogen-bond donors (Lipinski definition) is 1. The average Bonchev–Trinajstić information content (AvgIpc) is 2.17. The lowest BCUT2D eigenvalue weighted by Gasteiger charge is -2.11. The van der Waals surface area contributed by atoms with Crippen LogP contribution in [0.5, 0.6) is 0 Å². The van der Waals surface area contributed by atoms with Gasteiger partial charge in [0.15, 0.2) is 0 Å². The molecule has 2 N–H and O–H groups in total. The molecule has 0 bridgehead atoms. The molecule has 0 heterocycles. The van der Waals surface area contributed by atoms with E-state index < -0.39 is 0 Å². The highest BCUT2D eigenvalue weighted by atomic mass is 16.1. The quantitative estimate of drug-likeness (QED) is 0.659. The molecule has 3 nitrogen and oxygen atoms in total. The van der Waals surface area contributed by atoms with Gasteiger partial charge in [-0.25, -0.2) is 4.79 Å². The van der Waals surface area contributed by atoms with E-state index >= 15 is 0 Å². The monoisotopic (exact) mass is 178 g/mol. The van der Waals surface area contributed by atoms with Crippen LogP contribution in [0.15, 0.2) is 24.3 Å². The minimum atomic E-state index is -0.0368. The molecular formula is C10H14N2O. The Morgan fingerprint density at radius 1 is 1.31 bits per heavy atom. The number of hydrogen-bond acceptors (Lipinski definition) is 2. The molecule has 13 heavy (non-hydrogen) atoms. The lowest BCUT2D eigenvalue weighted by atomic mass is 10.2. The lowest BCUT2D eigenvalue weighted by molar-refractivity contribution is -0.489. The van der Waals surface area contributed by atoms with Gasteiger partial charge in [0, 0.05) is 19.8 Å². The van der Waals surface area contributed by atoms with Gasteiger partial charge in [0.1, 0.15) is 0 Å². The molecule has 0 radical (unpaired) electrons. The lowest BCUT2D eigenvalue weighted by Crippen LogP contribution is -2.81. The Labute approximate surface area is 78.4 Å². The van der Waals surface area contributed by atoms with Crippen LogP contribution in [0.4, 0.5) is 5.69 Å². The first-order chi connectivity index (χ1) is 6.15. The number of primary amides is 1. The standard InChI is InChI=1S/C10H14N2O/c1-11-10(13)8-4-6-9(7-5-8)12(2)3/h4-7H,1,11H2,2-3H3. The number of benzene rings is 1. The fraction of sp³-hybridized carbons (Fsp3) is 0.200. The second-order valence-corrected chi connectivity index (χ2v) is 3.01. The summed E-state index contributed by atoms with van der Waals surface area (Å²) in [6.45, 7) is 0. The first-order valence-electron chi connectivity index (χ1n) is 4.09. The van der Waals surface area contributed by atoms with Gasteiger partial charge in [-0.15, -0.1) is 7.05 Å². The van der Waals surface area contributed by atoms with E-state index in [1.165, 1.54) is 5.32 Å². The molecule has 0 aromatic heterocycles. The zero-order valence-corrected chi connectivity index (χ0v) is 7.95. The largest absolute Gasteiger partial charge is 0.411 e. The summed E-state index contributed by atoms with van der Waals surface area (Å²) in [6, 6.07) is 7.44. The molecule has 0 aliphatic rings. The number of carbonyl (C=O) groups is 1. The number of anilines is 1. The van der Waals surface area contributed by atoms with Gasteiger partial charge in [-0.2, -0.15) is 0 Å². The van der Waals surface area contributed by atoms with Crippen LogP contribution in [0, 0.1) is 7.05 Å². The van der Waals surface area contributed by atoms with Gasteiger partial charge in [-0.3, -0.25) is 0 Å². The predicted octanol–water partition coefficient (Wildman–Crippen LogP) is 0.248. The van der Waals surface area contributed by atoms with Crippen LogP contribution in [0.1, 0.15) is 10.4 Å². The summed E-state index contributed by atoms with van der Waals surface area (Å²) in [5, 5.41) is 1.32. The summed E-state index contributed by atoms with van der Waals surface area (Å²) in [6.07, 6.45) is 0. The van der Waals surface area contributed by atoms with E-state index in [2.05, 4.69) is 7.05 Å². The summed E-state index contributed by atoms with van der Waals surface area (Å²) < 4.78 is 0. The van der Waals surface area contributed by atoms with Crippen LogP contribution >= 0.6 is 0 Å². The van der Waals surface area contributed by atoms with Gasteiger partial charge < -0.3 is 10.2 Å². The number of nitrogens with two attached hydrogens (primary N) is 1. The third-order valence-electron chi connectivity index (χ3n) is 1.85. The normalized spacial score (nSPS) is 9.77. The number of nitrogens with zero attached hydrogens (tertiary/aromatic N) is 1. The number of rotatable bonds is 2. The minimum Gasteiger partial charge on any atom is -0.411 e. The van der Waals surface area contributed by atoms with Gasteiger partial charge in [0.05, 0.1) is 5.56 Å². The first kappa shape index (κ1) is 9.74. The zero-order valence-electron chi connectivity index (χ0n) is 7.95. The second-order valence-electron chi connectivity index (χ2n) is 3.01. The van der Waals surface area contributed by atoms with E-state index in [-0.39, 0.29) is 5.91 Å². The van der Waals surface area contributed by atoms with Gasteiger partial charge in [-0.1, -0.05) is 0 Å². The molecule has 0 saturated heterocycles. The Hall–Kier alpha value is -1.35. The third-order valence-corrected chi connectivity index (χ3v) is 1.85. The van der Waals surface area contributed by atoms with E-state index in [1.54, 1.807) is 12.1 Å². The molecule has 1 aromatic carbocycles. The summed E-state index contributed by atoms with van der Waals surface area (Å²) in [7, 11) is 7.36. The fourth-order valence-electron chi connectivity index (χ4n) is 1.04. The predicted molar refractivity (Wildman–Crippen MR) is 52.4 cm³/mol. The molecule has 1 amide bonds. The van der Waals surface area contributed by atoms with Crippen molar-refractivity contribution in [3.05, 3.63) is 36.9 Å². The highest BCUT2D eigenvalue weighted by Crippen LogP contribution is 2.11. The molecule has 0 aliphatic carbocycles. The van der Waals surface area contributed by atoms with Crippen LogP contribution in [-0.2, 0) is 0 Å². The van der Waals surface area contributed by atoms with Crippen molar-refractivity contribution in [1.29, 1.82) is 0 Å². The molecule has 70 valence electrons. The van der Waals surface area contributed by atoms with E-state index in [0.29, 0.717) is 5.56 Å². The van der Waals surface area contributed by atoms with Crippen LogP contribution in [0.2, 0.25) is 0 Å². The number of quaternary nitrogens is 1. The molecule has 0 aliphatic heterocycles. The average molecular weight is 178 g/mol. The Morgan fingerprint density at radius 2 is 1.85 bits per heavy atom. The van der Waals surface area contributed by atoms with Crippen LogP contribution in [-0.4, -0.2) is 20.0 Å². The Kier molecular flexibility index (Phi) is 3.03. The highest BCUT2D eigenvalue weighted by Gasteiger charge is 2.04. The van der Waals surface area contributed by atoms with Crippen LogP contribution in [0.25, 0.3) is 0 Å². The minimum absolute atomic E-state index is 0.0368. The topological polar surface area (TPSA) is 36.9 Å². The van der Waals surface area contributed by atoms with E-state index in [9.17, 15) is 4.79 Å². The third kappa shape index (κ3) is 2.29. The van der Waals surface area contributed by atoms with Gasteiger partial charge >= 0.3 is 5.91 Å². The molecule has 0 unspecified atom stereocenters. The molecule has 1 aromatic rings. The van der Waals surface area contributed by atoms with Crippen molar-refractivity contribution in [2.45, 2.75) is 0 Å². The molecule has 3 heteroatoms. The SMILES string of the molecule is [CH2-][NH2+]C(=O)c1ccc(N(C)C)cc1. The van der Waals surface area contributed by atoms with Crippen LogP contribution < -0.4 is 10.2 Å². The maximum atomic E-state index is 11.2. The molecular weight excluding hydrogens is 164 g/mol. The smallest absolute Gasteiger partial charge is 0.316 e. The molecule has 0 atom stereocenters. The maximum absolute atomic E-state index is 11.2. The molecule has 1 rings (SSSR count). The van der Waals surface area contributed by atoms with Crippen molar-refractivity contribution in [3.63, 3.8) is 0 Å². The second kappa shape index (κ2) is 4.05. The number of carbonyl (C=O) groups excluding carboxylic acids is 1. The van der Waals surface area contributed by atoms with Crippen molar-refractivity contribution in [2.24, 2.45) is 0 Å².